The molecule has 0 radical (unpaired) electrons. The minimum Gasteiger partial charge on any atom is -0.325 e. The minimum atomic E-state index is -0.254. The molecule has 19 heavy (non-hydrogen) atoms. The van der Waals surface area contributed by atoms with Crippen LogP contribution < -0.4 is 10.2 Å². The van der Waals surface area contributed by atoms with E-state index in [1.165, 1.54) is 12.1 Å². The second-order valence-corrected chi connectivity index (χ2v) is 4.14. The molecule has 1 heterocycles. The van der Waals surface area contributed by atoms with E-state index in [2.05, 4.69) is 15.5 Å². The predicted octanol–water partition coefficient (Wildman–Crippen LogP) is 2.49. The first-order chi connectivity index (χ1) is 9.24. The van der Waals surface area contributed by atoms with Crippen molar-refractivity contribution in [3.63, 3.8) is 0 Å². The van der Waals surface area contributed by atoms with Gasteiger partial charge in [-0.3, -0.25) is 0 Å². The van der Waals surface area contributed by atoms with E-state index in [0.29, 0.717) is 18.9 Å². The summed E-state index contributed by atoms with van der Waals surface area (Å²) in [4.78, 5) is 1.92. The van der Waals surface area contributed by atoms with Gasteiger partial charge in [0.2, 0.25) is 0 Å². The van der Waals surface area contributed by atoms with E-state index >= 15 is 0 Å². The van der Waals surface area contributed by atoms with Crippen LogP contribution in [0, 0.1) is 5.82 Å². The Labute approximate surface area is 112 Å². The van der Waals surface area contributed by atoms with E-state index in [-0.39, 0.29) is 5.82 Å². The smallest absolute Gasteiger partial charge is 0.155 e. The van der Waals surface area contributed by atoms with Gasteiger partial charge in [-0.15, -0.1) is 5.10 Å². The van der Waals surface area contributed by atoms with Crippen molar-refractivity contribution >= 4 is 11.5 Å². The van der Waals surface area contributed by atoms with E-state index in [9.17, 15) is 4.39 Å². The number of nitrogens with zero attached hydrogens (tertiary/aromatic N) is 3. The average Bonchev–Trinajstić information content (AvgIpc) is 2.42. The first-order valence-corrected chi connectivity index (χ1v) is 6.25. The number of rotatable bonds is 5. The highest BCUT2D eigenvalue weighted by Crippen LogP contribution is 2.23. The number of aromatic nitrogens is 2. The third-order valence-electron chi connectivity index (χ3n) is 2.78. The Morgan fingerprint density at radius 1 is 1.21 bits per heavy atom. The molecule has 0 saturated carbocycles. The zero-order chi connectivity index (χ0) is 13.7. The highest BCUT2D eigenvalue weighted by atomic mass is 19.1. The van der Waals surface area contributed by atoms with Crippen molar-refractivity contribution < 1.29 is 4.39 Å². The van der Waals surface area contributed by atoms with E-state index in [0.717, 1.165) is 11.4 Å². The lowest BCUT2D eigenvalue weighted by atomic mass is 10.2. The molecule has 0 aliphatic carbocycles. The fourth-order valence-corrected chi connectivity index (χ4v) is 1.89. The fourth-order valence-electron chi connectivity index (χ4n) is 1.89. The summed E-state index contributed by atoms with van der Waals surface area (Å²) in [6.45, 7) is 3.37. The van der Waals surface area contributed by atoms with Crippen molar-refractivity contribution in [2.45, 2.75) is 13.5 Å². The van der Waals surface area contributed by atoms with E-state index < -0.39 is 0 Å². The Morgan fingerprint density at radius 2 is 2.05 bits per heavy atom. The second kappa shape index (κ2) is 6.24. The number of hydrogen-bond acceptors (Lipinski definition) is 4. The Morgan fingerprint density at radius 3 is 2.63 bits per heavy atom. The lowest BCUT2D eigenvalue weighted by Crippen LogP contribution is -2.18. The van der Waals surface area contributed by atoms with Gasteiger partial charge in [0.05, 0.1) is 5.69 Å². The molecule has 2 rings (SSSR count). The largest absolute Gasteiger partial charge is 0.325 e. The van der Waals surface area contributed by atoms with Crippen LogP contribution >= 0.6 is 0 Å². The lowest BCUT2D eigenvalue weighted by Gasteiger charge is -2.21. The average molecular weight is 260 g/mol. The Bertz CT molecular complexity index is 527. The minimum absolute atomic E-state index is 0.254. The molecular weight excluding hydrogens is 243 g/mol. The van der Waals surface area contributed by atoms with E-state index in [1.807, 2.05) is 37.1 Å². The van der Waals surface area contributed by atoms with Crippen LogP contribution in [0.25, 0.3) is 0 Å². The molecule has 0 atom stereocenters. The van der Waals surface area contributed by atoms with Crippen molar-refractivity contribution in [1.82, 2.24) is 15.5 Å². The van der Waals surface area contributed by atoms with Crippen LogP contribution in [0.4, 0.5) is 15.9 Å². The van der Waals surface area contributed by atoms with Gasteiger partial charge in [-0.25, -0.2) is 4.39 Å². The van der Waals surface area contributed by atoms with Crippen LogP contribution in [0.1, 0.15) is 12.6 Å². The maximum Gasteiger partial charge on any atom is 0.155 e. The topological polar surface area (TPSA) is 41.0 Å². The Balaban J connectivity index is 2.26. The Kier molecular flexibility index (Phi) is 4.41. The van der Waals surface area contributed by atoms with Gasteiger partial charge in [-0.05, 0) is 44.3 Å². The third-order valence-corrected chi connectivity index (χ3v) is 2.78. The van der Waals surface area contributed by atoms with Gasteiger partial charge in [-0.2, -0.15) is 5.10 Å². The van der Waals surface area contributed by atoms with Crippen LogP contribution in [0.5, 0.6) is 0 Å². The molecule has 5 heteroatoms. The van der Waals surface area contributed by atoms with Crippen molar-refractivity contribution in [2.75, 3.05) is 18.5 Å². The van der Waals surface area contributed by atoms with Crippen molar-refractivity contribution in [2.24, 2.45) is 0 Å². The summed E-state index contributed by atoms with van der Waals surface area (Å²) in [6, 6.07) is 10.3. The summed E-state index contributed by atoms with van der Waals surface area (Å²) in [5.41, 5.74) is 1.65. The zero-order valence-corrected chi connectivity index (χ0v) is 11.1. The zero-order valence-electron chi connectivity index (χ0n) is 11.1. The molecule has 0 amide bonds. The molecule has 0 saturated heterocycles. The predicted molar refractivity (Wildman–Crippen MR) is 73.9 cm³/mol. The molecule has 0 aliphatic rings. The summed E-state index contributed by atoms with van der Waals surface area (Å²) in [6.07, 6.45) is 0. The molecule has 100 valence electrons. The molecule has 0 bridgehead atoms. The van der Waals surface area contributed by atoms with Crippen LogP contribution in [0.3, 0.4) is 0 Å². The lowest BCUT2D eigenvalue weighted by molar-refractivity contribution is 0.627. The first-order valence-electron chi connectivity index (χ1n) is 6.25. The maximum absolute atomic E-state index is 13.3. The maximum atomic E-state index is 13.3. The van der Waals surface area contributed by atoms with Crippen LogP contribution in [-0.2, 0) is 6.54 Å². The molecule has 0 unspecified atom stereocenters. The highest BCUT2D eigenvalue weighted by molar-refractivity contribution is 5.59. The SMILES string of the molecule is CCN(c1cccc(F)c1)c1ccc(CNC)nn1. The Hall–Kier alpha value is -2.01. The van der Waals surface area contributed by atoms with E-state index in [4.69, 9.17) is 0 Å². The number of anilines is 2. The third kappa shape index (κ3) is 3.26. The molecule has 4 nitrogen and oxygen atoms in total. The van der Waals surface area contributed by atoms with Crippen molar-refractivity contribution in [1.29, 1.82) is 0 Å². The number of halogens is 1. The first kappa shape index (κ1) is 13.4. The number of hydrogen-bond donors (Lipinski definition) is 1. The van der Waals surface area contributed by atoms with Crippen LogP contribution in [0.2, 0.25) is 0 Å². The van der Waals surface area contributed by atoms with Crippen LogP contribution in [-0.4, -0.2) is 23.8 Å². The molecule has 0 spiro atoms. The second-order valence-electron chi connectivity index (χ2n) is 4.14. The molecule has 1 N–H and O–H groups in total. The van der Waals surface area contributed by atoms with Gasteiger partial charge in [0.1, 0.15) is 5.82 Å². The van der Waals surface area contributed by atoms with Gasteiger partial charge < -0.3 is 10.2 Å². The van der Waals surface area contributed by atoms with Gasteiger partial charge in [-0.1, -0.05) is 6.07 Å². The summed E-state index contributed by atoms with van der Waals surface area (Å²) in [7, 11) is 1.86. The van der Waals surface area contributed by atoms with Gasteiger partial charge in [0, 0.05) is 18.8 Å². The molecule has 0 fully saturated rings. The molecule has 2 aromatic rings. The van der Waals surface area contributed by atoms with Crippen LogP contribution in [0.15, 0.2) is 36.4 Å². The summed E-state index contributed by atoms with van der Waals surface area (Å²) in [5, 5.41) is 11.3. The summed E-state index contributed by atoms with van der Waals surface area (Å²) < 4.78 is 13.3. The molecule has 0 aliphatic heterocycles. The quantitative estimate of drug-likeness (QED) is 0.896. The number of nitrogens with one attached hydrogen (secondary N) is 1. The van der Waals surface area contributed by atoms with Crippen molar-refractivity contribution in [3.8, 4) is 0 Å². The molecular formula is C14H17FN4. The standard InChI is InChI=1S/C14H17FN4/c1-3-19(13-6-4-5-11(15)9-13)14-8-7-12(10-16-2)17-18-14/h4-9,16H,3,10H2,1-2H3. The molecule has 1 aromatic carbocycles. The highest BCUT2D eigenvalue weighted by Gasteiger charge is 2.09. The molecule has 1 aromatic heterocycles. The van der Waals surface area contributed by atoms with Gasteiger partial charge >= 0.3 is 0 Å². The van der Waals surface area contributed by atoms with E-state index in [1.54, 1.807) is 6.07 Å². The number of benzene rings is 1. The fraction of sp³-hybridized carbons (Fsp3) is 0.286. The summed E-state index contributed by atoms with van der Waals surface area (Å²) in [5.74, 6) is 0.462. The van der Waals surface area contributed by atoms with Crippen molar-refractivity contribution in [3.05, 3.63) is 47.9 Å². The monoisotopic (exact) mass is 260 g/mol. The normalized spacial score (nSPS) is 10.5. The summed E-state index contributed by atoms with van der Waals surface area (Å²) >= 11 is 0. The van der Waals surface area contributed by atoms with Gasteiger partial charge in [0.15, 0.2) is 5.82 Å². The van der Waals surface area contributed by atoms with Gasteiger partial charge in [0.25, 0.3) is 0 Å².